The molecular weight excluding hydrogens is 296 g/mol. The topological polar surface area (TPSA) is 58.1 Å². The van der Waals surface area contributed by atoms with Crippen LogP contribution in [-0.2, 0) is 4.79 Å². The van der Waals surface area contributed by atoms with E-state index >= 15 is 0 Å². The molecule has 1 aromatic heterocycles. The van der Waals surface area contributed by atoms with Crippen molar-refractivity contribution in [2.75, 3.05) is 18.8 Å². The number of hydrogen-bond acceptors (Lipinski definition) is 5. The molecule has 1 N–H and O–H groups in total. The van der Waals surface area contributed by atoms with Gasteiger partial charge < -0.3 is 5.32 Å². The molecular formula is C16H24N4OS. The second-order valence-electron chi connectivity index (χ2n) is 6.28. The normalized spacial score (nSPS) is 25.0. The van der Waals surface area contributed by atoms with Gasteiger partial charge in [-0.05, 0) is 45.7 Å². The Morgan fingerprint density at radius 1 is 1.27 bits per heavy atom. The average molecular weight is 320 g/mol. The van der Waals surface area contributed by atoms with Crippen molar-refractivity contribution in [3.63, 3.8) is 0 Å². The predicted octanol–water partition coefficient (Wildman–Crippen LogP) is 1.93. The van der Waals surface area contributed by atoms with Gasteiger partial charge >= 0.3 is 0 Å². The molecule has 22 heavy (non-hydrogen) atoms. The number of nitrogens with one attached hydrogen (secondary N) is 1. The fraction of sp³-hybridized carbons (Fsp3) is 0.688. The number of hydrogen-bond donors (Lipinski definition) is 1. The van der Waals surface area contributed by atoms with E-state index in [0.717, 1.165) is 24.4 Å². The first-order valence-corrected chi connectivity index (χ1v) is 9.09. The number of carbonyl (C=O) groups is 1. The number of amides is 1. The van der Waals surface area contributed by atoms with Crippen molar-refractivity contribution in [1.29, 1.82) is 0 Å². The molecule has 2 aliphatic rings. The highest BCUT2D eigenvalue weighted by Crippen LogP contribution is 2.27. The van der Waals surface area contributed by atoms with Gasteiger partial charge in [-0.15, -0.1) is 0 Å². The molecule has 6 heteroatoms. The van der Waals surface area contributed by atoms with E-state index in [0.29, 0.717) is 23.0 Å². The minimum Gasteiger partial charge on any atom is -0.351 e. The summed E-state index contributed by atoms with van der Waals surface area (Å²) in [6.45, 7) is 6.23. The number of carbonyl (C=O) groups excluding carboxylic acids is 1. The quantitative estimate of drug-likeness (QED) is 0.678. The van der Waals surface area contributed by atoms with Crippen LogP contribution in [0.25, 0.3) is 0 Å². The molecule has 2 fully saturated rings. The van der Waals surface area contributed by atoms with Crippen LogP contribution in [0.3, 0.4) is 0 Å². The first-order valence-electron chi connectivity index (χ1n) is 8.10. The summed E-state index contributed by atoms with van der Waals surface area (Å²) in [7, 11) is 0. The molecule has 2 atom stereocenters. The van der Waals surface area contributed by atoms with E-state index < -0.39 is 0 Å². The summed E-state index contributed by atoms with van der Waals surface area (Å²) in [4.78, 5) is 23.5. The summed E-state index contributed by atoms with van der Waals surface area (Å²) in [6, 6.07) is 2.83. The second-order valence-corrected chi connectivity index (χ2v) is 7.23. The fourth-order valence-electron chi connectivity index (χ4n) is 3.55. The Morgan fingerprint density at radius 3 is 2.82 bits per heavy atom. The number of piperidine rings is 1. The van der Waals surface area contributed by atoms with Gasteiger partial charge in [-0.1, -0.05) is 18.2 Å². The maximum Gasteiger partial charge on any atom is 0.230 e. The van der Waals surface area contributed by atoms with Gasteiger partial charge in [0.05, 0.1) is 5.75 Å². The fourth-order valence-corrected chi connectivity index (χ4v) is 4.31. The minimum atomic E-state index is 0.102. The van der Waals surface area contributed by atoms with E-state index in [1.807, 2.05) is 19.9 Å². The van der Waals surface area contributed by atoms with Crippen LogP contribution >= 0.6 is 11.8 Å². The SMILES string of the molecule is Cc1cc(C)nc(SCC(=O)N[C@H]2CCN3CCCC[C@@H]23)n1. The maximum atomic E-state index is 12.2. The molecule has 3 heterocycles. The van der Waals surface area contributed by atoms with E-state index in [1.54, 1.807) is 0 Å². The molecule has 0 spiro atoms. The van der Waals surface area contributed by atoms with Gasteiger partial charge in [-0.3, -0.25) is 9.69 Å². The highest BCUT2D eigenvalue weighted by Gasteiger charge is 2.36. The van der Waals surface area contributed by atoms with Crippen LogP contribution in [0.4, 0.5) is 0 Å². The molecule has 3 rings (SSSR count). The number of nitrogens with zero attached hydrogens (tertiary/aromatic N) is 3. The largest absolute Gasteiger partial charge is 0.351 e. The Hall–Kier alpha value is -1.14. The molecule has 2 saturated heterocycles. The third-order valence-electron chi connectivity index (χ3n) is 4.50. The minimum absolute atomic E-state index is 0.102. The zero-order chi connectivity index (χ0) is 15.5. The Kier molecular flexibility index (Phi) is 4.98. The van der Waals surface area contributed by atoms with Crippen molar-refractivity contribution >= 4 is 17.7 Å². The Morgan fingerprint density at radius 2 is 2.05 bits per heavy atom. The third kappa shape index (κ3) is 3.79. The van der Waals surface area contributed by atoms with Gasteiger partial charge in [0.25, 0.3) is 0 Å². The predicted molar refractivity (Wildman–Crippen MR) is 88.0 cm³/mol. The monoisotopic (exact) mass is 320 g/mol. The molecule has 0 aromatic carbocycles. The summed E-state index contributed by atoms with van der Waals surface area (Å²) in [5.74, 6) is 0.497. The molecule has 5 nitrogen and oxygen atoms in total. The van der Waals surface area contributed by atoms with Gasteiger partial charge in [-0.2, -0.15) is 0 Å². The number of thioether (sulfide) groups is 1. The molecule has 1 aromatic rings. The van der Waals surface area contributed by atoms with Crippen molar-refractivity contribution in [3.8, 4) is 0 Å². The second kappa shape index (κ2) is 6.96. The van der Waals surface area contributed by atoms with Crippen molar-refractivity contribution in [2.24, 2.45) is 0 Å². The van der Waals surface area contributed by atoms with E-state index in [2.05, 4.69) is 20.2 Å². The van der Waals surface area contributed by atoms with Crippen molar-refractivity contribution in [3.05, 3.63) is 17.5 Å². The van der Waals surface area contributed by atoms with E-state index in [9.17, 15) is 4.79 Å². The number of aromatic nitrogens is 2. The van der Waals surface area contributed by atoms with Crippen molar-refractivity contribution in [1.82, 2.24) is 20.2 Å². The standard InChI is InChI=1S/C16H24N4OS/c1-11-9-12(2)18-16(17-11)22-10-15(21)19-13-6-8-20-7-4-3-5-14(13)20/h9,13-14H,3-8,10H2,1-2H3,(H,19,21)/t13-,14-/m0/s1. The first kappa shape index (κ1) is 15.7. The lowest BCUT2D eigenvalue weighted by Crippen LogP contribution is -2.47. The van der Waals surface area contributed by atoms with Crippen molar-refractivity contribution < 1.29 is 4.79 Å². The van der Waals surface area contributed by atoms with Crippen LogP contribution in [-0.4, -0.2) is 51.7 Å². The summed E-state index contributed by atoms with van der Waals surface area (Å²) < 4.78 is 0. The van der Waals surface area contributed by atoms with Crippen LogP contribution in [0, 0.1) is 13.8 Å². The van der Waals surface area contributed by atoms with E-state index in [1.165, 1.54) is 37.6 Å². The summed E-state index contributed by atoms with van der Waals surface area (Å²) in [5, 5.41) is 3.91. The van der Waals surface area contributed by atoms with Gasteiger partial charge in [0.1, 0.15) is 0 Å². The van der Waals surface area contributed by atoms with Crippen LogP contribution in [0.15, 0.2) is 11.2 Å². The lowest BCUT2D eigenvalue weighted by atomic mass is 9.99. The maximum absolute atomic E-state index is 12.2. The third-order valence-corrected chi connectivity index (χ3v) is 5.34. The molecule has 0 bridgehead atoms. The molecule has 0 saturated carbocycles. The highest BCUT2D eigenvalue weighted by molar-refractivity contribution is 7.99. The molecule has 0 aliphatic carbocycles. The summed E-state index contributed by atoms with van der Waals surface area (Å²) in [6.07, 6.45) is 4.90. The molecule has 0 radical (unpaired) electrons. The Balaban J connectivity index is 1.50. The molecule has 0 unspecified atom stereocenters. The van der Waals surface area contributed by atoms with Crippen LogP contribution in [0.2, 0.25) is 0 Å². The number of rotatable bonds is 4. The summed E-state index contributed by atoms with van der Waals surface area (Å²) in [5.41, 5.74) is 1.90. The molecule has 2 aliphatic heterocycles. The first-order chi connectivity index (χ1) is 10.6. The average Bonchev–Trinajstić information content (AvgIpc) is 2.88. The van der Waals surface area contributed by atoms with E-state index in [-0.39, 0.29) is 5.91 Å². The van der Waals surface area contributed by atoms with Gasteiger partial charge in [-0.25, -0.2) is 9.97 Å². The summed E-state index contributed by atoms with van der Waals surface area (Å²) >= 11 is 1.42. The van der Waals surface area contributed by atoms with Crippen LogP contribution in [0.1, 0.15) is 37.1 Å². The highest BCUT2D eigenvalue weighted by atomic mass is 32.2. The smallest absolute Gasteiger partial charge is 0.230 e. The van der Waals surface area contributed by atoms with Crippen LogP contribution in [0.5, 0.6) is 0 Å². The van der Waals surface area contributed by atoms with Gasteiger partial charge in [0, 0.05) is 30.0 Å². The van der Waals surface area contributed by atoms with Crippen LogP contribution < -0.4 is 5.32 Å². The molecule has 120 valence electrons. The zero-order valence-corrected chi connectivity index (χ0v) is 14.2. The van der Waals surface area contributed by atoms with Gasteiger partial charge in [0.2, 0.25) is 5.91 Å². The zero-order valence-electron chi connectivity index (χ0n) is 13.3. The lowest BCUT2D eigenvalue weighted by Gasteiger charge is -2.32. The van der Waals surface area contributed by atoms with Crippen molar-refractivity contribution in [2.45, 2.75) is 56.8 Å². The Bertz CT molecular complexity index is 531. The Labute approximate surface area is 136 Å². The number of aryl methyl sites for hydroxylation is 2. The lowest BCUT2D eigenvalue weighted by molar-refractivity contribution is -0.119. The number of fused-ring (bicyclic) bond motifs is 1. The van der Waals surface area contributed by atoms with E-state index in [4.69, 9.17) is 0 Å². The molecule has 1 amide bonds. The van der Waals surface area contributed by atoms with Gasteiger partial charge in [0.15, 0.2) is 5.16 Å².